The molecule has 0 aromatic heterocycles. The van der Waals surface area contributed by atoms with E-state index in [2.05, 4.69) is 5.32 Å². The van der Waals surface area contributed by atoms with Crippen LogP contribution in [0.25, 0.3) is 0 Å². The zero-order chi connectivity index (χ0) is 18.5. The van der Waals surface area contributed by atoms with Crippen molar-refractivity contribution in [2.75, 3.05) is 11.4 Å². The maximum absolute atomic E-state index is 12.6. The zero-order valence-electron chi connectivity index (χ0n) is 15.9. The van der Waals surface area contributed by atoms with Crippen LogP contribution in [-0.2, 0) is 9.59 Å². The topological polar surface area (TPSA) is 58.6 Å². The van der Waals surface area contributed by atoms with Gasteiger partial charge in [-0.3, -0.25) is 9.59 Å². The Labute approximate surface area is 156 Å². The summed E-state index contributed by atoms with van der Waals surface area (Å²) in [5, 5.41) is 3.19. The Bertz CT molecular complexity index is 619. The molecule has 0 radical (unpaired) electrons. The van der Waals surface area contributed by atoms with Gasteiger partial charge in [-0.1, -0.05) is 25.7 Å². The summed E-state index contributed by atoms with van der Waals surface area (Å²) in [6.07, 6.45) is 7.43. The number of carbonyl (C=O) groups is 2. The van der Waals surface area contributed by atoms with Crippen LogP contribution in [0, 0.1) is 5.92 Å². The first-order chi connectivity index (χ1) is 12.5. The maximum atomic E-state index is 12.6. The standard InChI is InChI=1S/C21H30N2O3/c1-15(2)26-19-11-9-18(10-12-19)23-14-16(13-20(23)24)21(25)22-17-7-5-3-4-6-8-17/h9-12,15-17H,3-8,13-14H2,1-2H3,(H,22,25). The number of nitrogens with zero attached hydrogens (tertiary/aromatic N) is 1. The normalized spacial score (nSPS) is 21.7. The molecule has 1 saturated carbocycles. The monoisotopic (exact) mass is 358 g/mol. The van der Waals surface area contributed by atoms with Crippen LogP contribution in [-0.4, -0.2) is 30.5 Å². The van der Waals surface area contributed by atoms with Crippen molar-refractivity contribution >= 4 is 17.5 Å². The number of ether oxygens (including phenoxy) is 1. The Balaban J connectivity index is 1.58. The average Bonchev–Trinajstić information content (AvgIpc) is 2.82. The van der Waals surface area contributed by atoms with Gasteiger partial charge in [0.15, 0.2) is 0 Å². The summed E-state index contributed by atoms with van der Waals surface area (Å²) < 4.78 is 5.65. The first-order valence-corrected chi connectivity index (χ1v) is 9.90. The zero-order valence-corrected chi connectivity index (χ0v) is 15.9. The third kappa shape index (κ3) is 4.77. The van der Waals surface area contributed by atoms with Crippen molar-refractivity contribution < 1.29 is 14.3 Å². The van der Waals surface area contributed by atoms with E-state index in [0.29, 0.717) is 13.0 Å². The van der Waals surface area contributed by atoms with Gasteiger partial charge < -0.3 is 15.0 Å². The van der Waals surface area contributed by atoms with E-state index in [1.165, 1.54) is 25.7 Å². The fourth-order valence-corrected chi connectivity index (χ4v) is 3.85. The molecular weight excluding hydrogens is 328 g/mol. The van der Waals surface area contributed by atoms with E-state index >= 15 is 0 Å². The van der Waals surface area contributed by atoms with E-state index in [-0.39, 0.29) is 29.9 Å². The molecule has 3 rings (SSSR count). The quantitative estimate of drug-likeness (QED) is 0.817. The van der Waals surface area contributed by atoms with Crippen molar-refractivity contribution in [3.8, 4) is 5.75 Å². The third-order valence-corrected chi connectivity index (χ3v) is 5.22. The fourth-order valence-electron chi connectivity index (χ4n) is 3.85. The highest BCUT2D eigenvalue weighted by Crippen LogP contribution is 2.28. The second kappa shape index (κ2) is 8.56. The minimum atomic E-state index is -0.252. The second-order valence-electron chi connectivity index (χ2n) is 7.76. The van der Waals surface area contributed by atoms with Gasteiger partial charge in [-0.2, -0.15) is 0 Å². The van der Waals surface area contributed by atoms with Crippen molar-refractivity contribution in [2.24, 2.45) is 5.92 Å². The lowest BCUT2D eigenvalue weighted by molar-refractivity contribution is -0.127. The molecule has 1 saturated heterocycles. The van der Waals surface area contributed by atoms with Gasteiger partial charge >= 0.3 is 0 Å². The Morgan fingerprint density at radius 1 is 1.12 bits per heavy atom. The summed E-state index contributed by atoms with van der Waals surface area (Å²) in [4.78, 5) is 26.7. The average molecular weight is 358 g/mol. The van der Waals surface area contributed by atoms with E-state index in [0.717, 1.165) is 24.3 Å². The highest BCUT2D eigenvalue weighted by molar-refractivity contribution is 6.00. The predicted molar refractivity (Wildman–Crippen MR) is 102 cm³/mol. The van der Waals surface area contributed by atoms with Crippen LogP contribution in [0.2, 0.25) is 0 Å². The SMILES string of the molecule is CC(C)Oc1ccc(N2CC(C(=O)NC3CCCCCC3)CC2=O)cc1. The van der Waals surface area contributed by atoms with Gasteiger partial charge in [-0.15, -0.1) is 0 Å². The molecule has 5 nitrogen and oxygen atoms in total. The van der Waals surface area contributed by atoms with E-state index in [1.807, 2.05) is 38.1 Å². The van der Waals surface area contributed by atoms with Crippen LogP contribution in [0.1, 0.15) is 58.8 Å². The molecule has 2 amide bonds. The lowest BCUT2D eigenvalue weighted by Crippen LogP contribution is -2.39. The maximum Gasteiger partial charge on any atom is 0.227 e. The Morgan fingerprint density at radius 3 is 2.38 bits per heavy atom. The number of anilines is 1. The molecule has 2 aliphatic rings. The van der Waals surface area contributed by atoms with E-state index in [4.69, 9.17) is 4.74 Å². The molecule has 0 bridgehead atoms. The van der Waals surface area contributed by atoms with Crippen LogP contribution in [0.15, 0.2) is 24.3 Å². The first kappa shape index (κ1) is 18.7. The van der Waals surface area contributed by atoms with Crippen molar-refractivity contribution in [1.29, 1.82) is 0 Å². The molecular formula is C21H30N2O3. The number of amides is 2. The van der Waals surface area contributed by atoms with Gasteiger partial charge in [0.05, 0.1) is 12.0 Å². The minimum absolute atomic E-state index is 0.0172. The Morgan fingerprint density at radius 2 is 1.77 bits per heavy atom. The highest BCUT2D eigenvalue weighted by Gasteiger charge is 2.35. The minimum Gasteiger partial charge on any atom is -0.491 e. The summed E-state index contributed by atoms with van der Waals surface area (Å²) >= 11 is 0. The van der Waals surface area contributed by atoms with E-state index < -0.39 is 0 Å². The molecule has 142 valence electrons. The Kier molecular flexibility index (Phi) is 6.17. The van der Waals surface area contributed by atoms with Crippen molar-refractivity contribution in [1.82, 2.24) is 5.32 Å². The summed E-state index contributed by atoms with van der Waals surface area (Å²) in [5.41, 5.74) is 0.830. The molecule has 1 aliphatic carbocycles. The molecule has 5 heteroatoms. The molecule has 0 spiro atoms. The lowest BCUT2D eigenvalue weighted by atomic mass is 10.0. The summed E-state index contributed by atoms with van der Waals surface area (Å²) in [5.74, 6) is 0.589. The molecule has 26 heavy (non-hydrogen) atoms. The Hall–Kier alpha value is -2.04. The molecule has 1 aliphatic heterocycles. The van der Waals surface area contributed by atoms with Crippen LogP contribution in [0.5, 0.6) is 5.75 Å². The molecule has 2 fully saturated rings. The molecule has 1 unspecified atom stereocenters. The summed E-state index contributed by atoms with van der Waals surface area (Å²) in [7, 11) is 0. The van der Waals surface area contributed by atoms with Gasteiger partial charge in [0.2, 0.25) is 11.8 Å². The predicted octanol–water partition coefficient (Wildman–Crippen LogP) is 3.67. The smallest absolute Gasteiger partial charge is 0.227 e. The van der Waals surface area contributed by atoms with Gasteiger partial charge in [0.25, 0.3) is 0 Å². The van der Waals surface area contributed by atoms with Gasteiger partial charge in [-0.05, 0) is 51.0 Å². The van der Waals surface area contributed by atoms with Gasteiger partial charge in [0.1, 0.15) is 5.75 Å². The van der Waals surface area contributed by atoms with Crippen LogP contribution >= 0.6 is 0 Å². The summed E-state index contributed by atoms with van der Waals surface area (Å²) in [6, 6.07) is 7.81. The van der Waals surface area contributed by atoms with Gasteiger partial charge in [-0.25, -0.2) is 0 Å². The molecule has 1 N–H and O–H groups in total. The number of benzene rings is 1. The number of nitrogens with one attached hydrogen (secondary N) is 1. The number of rotatable bonds is 5. The largest absolute Gasteiger partial charge is 0.491 e. The molecule has 1 heterocycles. The van der Waals surface area contributed by atoms with Crippen LogP contribution < -0.4 is 15.0 Å². The number of hydrogen-bond acceptors (Lipinski definition) is 3. The fraction of sp³-hybridized carbons (Fsp3) is 0.619. The third-order valence-electron chi connectivity index (χ3n) is 5.22. The highest BCUT2D eigenvalue weighted by atomic mass is 16.5. The van der Waals surface area contributed by atoms with Gasteiger partial charge in [0, 0.05) is 24.7 Å². The van der Waals surface area contributed by atoms with Crippen molar-refractivity contribution in [3.05, 3.63) is 24.3 Å². The summed E-state index contributed by atoms with van der Waals surface area (Å²) in [6.45, 7) is 4.42. The second-order valence-corrected chi connectivity index (χ2v) is 7.76. The van der Waals surface area contributed by atoms with E-state index in [9.17, 15) is 9.59 Å². The first-order valence-electron chi connectivity index (χ1n) is 9.90. The van der Waals surface area contributed by atoms with E-state index in [1.54, 1.807) is 4.90 Å². The van der Waals surface area contributed by atoms with Crippen molar-refractivity contribution in [2.45, 2.75) is 70.9 Å². The lowest BCUT2D eigenvalue weighted by Gasteiger charge is -2.20. The van der Waals surface area contributed by atoms with Crippen molar-refractivity contribution in [3.63, 3.8) is 0 Å². The van der Waals surface area contributed by atoms with Crippen LogP contribution in [0.3, 0.4) is 0 Å². The molecule has 1 aromatic carbocycles. The van der Waals surface area contributed by atoms with Crippen LogP contribution in [0.4, 0.5) is 5.69 Å². The number of carbonyl (C=O) groups excluding carboxylic acids is 2. The molecule has 1 aromatic rings. The number of hydrogen-bond donors (Lipinski definition) is 1. The molecule has 1 atom stereocenters.